The highest BCUT2D eigenvalue weighted by Crippen LogP contribution is 2.33. The van der Waals surface area contributed by atoms with Crippen LogP contribution in [0.25, 0.3) is 10.9 Å². The SMILES string of the molecule is N#Cc1ccc2cccc(C(F)(F)F)c2n1. The van der Waals surface area contributed by atoms with Gasteiger partial charge in [0.15, 0.2) is 0 Å². The minimum atomic E-state index is -4.46. The predicted octanol–water partition coefficient (Wildman–Crippen LogP) is 3.13. The molecule has 1 aromatic carbocycles. The van der Waals surface area contributed by atoms with Crippen molar-refractivity contribution in [1.29, 1.82) is 5.26 Å². The maximum Gasteiger partial charge on any atom is 0.418 e. The van der Waals surface area contributed by atoms with Crippen molar-refractivity contribution < 1.29 is 13.2 Å². The normalized spacial score (nSPS) is 11.4. The van der Waals surface area contributed by atoms with E-state index in [4.69, 9.17) is 5.26 Å². The zero-order valence-electron chi connectivity index (χ0n) is 7.92. The Bertz CT molecular complexity index is 582. The summed E-state index contributed by atoms with van der Waals surface area (Å²) >= 11 is 0. The molecule has 2 nitrogen and oxygen atoms in total. The van der Waals surface area contributed by atoms with Gasteiger partial charge in [0.25, 0.3) is 0 Å². The summed E-state index contributed by atoms with van der Waals surface area (Å²) in [6.45, 7) is 0. The van der Waals surface area contributed by atoms with Crippen molar-refractivity contribution >= 4 is 10.9 Å². The lowest BCUT2D eigenvalue weighted by Crippen LogP contribution is -2.06. The molecule has 0 amide bonds. The number of nitriles is 1. The van der Waals surface area contributed by atoms with Gasteiger partial charge in [-0.2, -0.15) is 18.4 Å². The number of rotatable bonds is 0. The van der Waals surface area contributed by atoms with E-state index < -0.39 is 11.7 Å². The summed E-state index contributed by atoms with van der Waals surface area (Å²) in [4.78, 5) is 3.68. The maximum absolute atomic E-state index is 12.6. The van der Waals surface area contributed by atoms with Gasteiger partial charge in [0.05, 0.1) is 11.1 Å². The van der Waals surface area contributed by atoms with E-state index >= 15 is 0 Å². The van der Waals surface area contributed by atoms with E-state index in [1.54, 1.807) is 6.07 Å². The molecule has 0 bridgehead atoms. The van der Waals surface area contributed by atoms with Crippen LogP contribution in [-0.4, -0.2) is 4.98 Å². The van der Waals surface area contributed by atoms with Crippen LogP contribution in [0.1, 0.15) is 11.3 Å². The fourth-order valence-corrected chi connectivity index (χ4v) is 1.44. The highest BCUT2D eigenvalue weighted by Gasteiger charge is 2.33. The summed E-state index contributed by atoms with van der Waals surface area (Å²) in [5.41, 5.74) is -1.03. The quantitative estimate of drug-likeness (QED) is 0.686. The molecule has 0 saturated heterocycles. The lowest BCUT2D eigenvalue weighted by Gasteiger charge is -2.09. The Kier molecular flexibility index (Phi) is 2.27. The van der Waals surface area contributed by atoms with Crippen molar-refractivity contribution in [1.82, 2.24) is 4.98 Å². The van der Waals surface area contributed by atoms with E-state index in [-0.39, 0.29) is 11.2 Å². The van der Waals surface area contributed by atoms with E-state index in [0.29, 0.717) is 5.39 Å². The standard InChI is InChI=1S/C11H5F3N2/c12-11(13,14)9-3-1-2-7-4-5-8(6-15)16-10(7)9/h1-5H. The van der Waals surface area contributed by atoms with Gasteiger partial charge in [-0.05, 0) is 18.2 Å². The molecule has 0 fully saturated rings. The number of halogens is 3. The molecule has 0 unspecified atom stereocenters. The number of aromatic nitrogens is 1. The van der Waals surface area contributed by atoms with Crippen molar-refractivity contribution in [3.8, 4) is 6.07 Å². The van der Waals surface area contributed by atoms with E-state index in [0.717, 1.165) is 6.07 Å². The zero-order valence-corrected chi connectivity index (χ0v) is 7.92. The summed E-state index contributed by atoms with van der Waals surface area (Å²) in [5.74, 6) is 0. The fourth-order valence-electron chi connectivity index (χ4n) is 1.44. The number of hydrogen-bond donors (Lipinski definition) is 0. The number of fused-ring (bicyclic) bond motifs is 1. The topological polar surface area (TPSA) is 36.7 Å². The Labute approximate surface area is 89.0 Å². The van der Waals surface area contributed by atoms with Gasteiger partial charge in [-0.1, -0.05) is 12.1 Å². The van der Waals surface area contributed by atoms with Gasteiger partial charge in [-0.3, -0.25) is 0 Å². The third kappa shape index (κ3) is 1.70. The second-order valence-electron chi connectivity index (χ2n) is 3.18. The molecule has 0 saturated carbocycles. The summed E-state index contributed by atoms with van der Waals surface area (Å²) in [7, 11) is 0. The summed E-state index contributed by atoms with van der Waals surface area (Å²) in [5, 5.41) is 8.97. The minimum absolute atomic E-state index is 0.0239. The first kappa shape index (κ1) is 10.4. The number of pyridine rings is 1. The van der Waals surface area contributed by atoms with Crippen molar-refractivity contribution in [3.63, 3.8) is 0 Å². The maximum atomic E-state index is 12.6. The van der Waals surface area contributed by atoms with Crippen LogP contribution in [0.4, 0.5) is 13.2 Å². The molecule has 16 heavy (non-hydrogen) atoms. The van der Waals surface area contributed by atoms with Crippen LogP contribution >= 0.6 is 0 Å². The lowest BCUT2D eigenvalue weighted by molar-refractivity contribution is -0.136. The van der Waals surface area contributed by atoms with Crippen LogP contribution in [0.15, 0.2) is 30.3 Å². The monoisotopic (exact) mass is 222 g/mol. The van der Waals surface area contributed by atoms with Gasteiger partial charge in [0.2, 0.25) is 0 Å². The van der Waals surface area contributed by atoms with Crippen LogP contribution < -0.4 is 0 Å². The number of nitrogens with zero attached hydrogens (tertiary/aromatic N) is 2. The molecule has 5 heteroatoms. The lowest BCUT2D eigenvalue weighted by atomic mass is 10.1. The van der Waals surface area contributed by atoms with Crippen molar-refractivity contribution in [2.75, 3.05) is 0 Å². The van der Waals surface area contributed by atoms with Crippen LogP contribution in [0.3, 0.4) is 0 Å². The largest absolute Gasteiger partial charge is 0.418 e. The average Bonchev–Trinajstić information content (AvgIpc) is 2.26. The first-order valence-corrected chi connectivity index (χ1v) is 4.39. The molecule has 0 radical (unpaired) electrons. The molecular formula is C11H5F3N2. The van der Waals surface area contributed by atoms with E-state index in [9.17, 15) is 13.2 Å². The average molecular weight is 222 g/mol. The first-order chi connectivity index (χ1) is 7.52. The number of para-hydroxylation sites is 1. The Balaban J connectivity index is 2.80. The molecular weight excluding hydrogens is 217 g/mol. The zero-order chi connectivity index (χ0) is 11.8. The van der Waals surface area contributed by atoms with Crippen molar-refractivity contribution in [2.24, 2.45) is 0 Å². The number of alkyl halides is 3. The van der Waals surface area contributed by atoms with Crippen molar-refractivity contribution in [2.45, 2.75) is 6.18 Å². The summed E-state index contributed by atoms with van der Waals surface area (Å²) in [6, 6.07) is 8.36. The van der Waals surface area contributed by atoms with Crippen LogP contribution in [0, 0.1) is 11.3 Å². The van der Waals surface area contributed by atoms with E-state index in [1.165, 1.54) is 24.3 Å². The summed E-state index contributed by atoms with van der Waals surface area (Å²) < 4.78 is 37.9. The molecule has 0 aliphatic carbocycles. The highest BCUT2D eigenvalue weighted by atomic mass is 19.4. The van der Waals surface area contributed by atoms with Gasteiger partial charge in [-0.25, -0.2) is 4.98 Å². The van der Waals surface area contributed by atoms with Gasteiger partial charge in [-0.15, -0.1) is 0 Å². The molecule has 2 rings (SSSR count). The highest BCUT2D eigenvalue weighted by molar-refractivity contribution is 5.82. The molecule has 0 spiro atoms. The van der Waals surface area contributed by atoms with Crippen LogP contribution in [0.2, 0.25) is 0 Å². The minimum Gasteiger partial charge on any atom is -0.236 e. The van der Waals surface area contributed by atoms with Crippen molar-refractivity contribution in [3.05, 3.63) is 41.6 Å². The van der Waals surface area contributed by atoms with Gasteiger partial charge in [0, 0.05) is 5.39 Å². The molecule has 0 atom stereocenters. The Morgan fingerprint density at radius 2 is 1.88 bits per heavy atom. The third-order valence-electron chi connectivity index (χ3n) is 2.14. The smallest absolute Gasteiger partial charge is 0.236 e. The third-order valence-corrected chi connectivity index (χ3v) is 2.14. The number of hydrogen-bond acceptors (Lipinski definition) is 2. The molecule has 2 aromatic rings. The Morgan fingerprint density at radius 3 is 2.50 bits per heavy atom. The molecule has 1 aromatic heterocycles. The second-order valence-corrected chi connectivity index (χ2v) is 3.18. The molecule has 1 heterocycles. The molecule has 0 N–H and O–H groups in total. The van der Waals surface area contributed by atoms with E-state index in [1.807, 2.05) is 0 Å². The fraction of sp³-hybridized carbons (Fsp3) is 0.0909. The molecule has 0 aliphatic heterocycles. The van der Waals surface area contributed by atoms with Gasteiger partial charge >= 0.3 is 6.18 Å². The van der Waals surface area contributed by atoms with Gasteiger partial charge in [0.1, 0.15) is 11.8 Å². The molecule has 0 aliphatic rings. The predicted molar refractivity (Wildman–Crippen MR) is 51.5 cm³/mol. The second kappa shape index (κ2) is 3.49. The summed E-state index contributed by atoms with van der Waals surface area (Å²) in [6.07, 6.45) is -4.46. The van der Waals surface area contributed by atoms with Crippen LogP contribution in [-0.2, 0) is 6.18 Å². The van der Waals surface area contributed by atoms with Crippen LogP contribution in [0.5, 0.6) is 0 Å². The number of benzene rings is 1. The Hall–Kier alpha value is -2.09. The van der Waals surface area contributed by atoms with Gasteiger partial charge < -0.3 is 0 Å². The first-order valence-electron chi connectivity index (χ1n) is 4.39. The Morgan fingerprint density at radius 1 is 1.12 bits per heavy atom. The van der Waals surface area contributed by atoms with E-state index in [2.05, 4.69) is 4.98 Å². The molecule has 80 valence electrons.